The molecule has 0 saturated carbocycles. The number of benzene rings is 1. The van der Waals surface area contributed by atoms with Crippen LogP contribution in [-0.2, 0) is 29.5 Å². The van der Waals surface area contributed by atoms with Gasteiger partial charge in [0, 0.05) is 26.9 Å². The molecule has 2 aromatic rings. The summed E-state index contributed by atoms with van der Waals surface area (Å²) in [6, 6.07) is 8.51. The van der Waals surface area contributed by atoms with E-state index in [9.17, 15) is 9.59 Å². The average molecular weight is 388 g/mol. The summed E-state index contributed by atoms with van der Waals surface area (Å²) in [6.45, 7) is 0. The van der Waals surface area contributed by atoms with Gasteiger partial charge < -0.3 is 15.2 Å². The van der Waals surface area contributed by atoms with E-state index in [1.807, 2.05) is 29.6 Å². The zero-order chi connectivity index (χ0) is 19.4. The van der Waals surface area contributed by atoms with Crippen molar-refractivity contribution in [1.29, 1.82) is 0 Å². The van der Waals surface area contributed by atoms with Crippen LogP contribution in [0.25, 0.3) is 0 Å². The first-order valence-electron chi connectivity index (χ1n) is 9.10. The maximum absolute atomic E-state index is 12.7. The molecule has 0 fully saturated rings. The van der Waals surface area contributed by atoms with E-state index in [1.54, 1.807) is 0 Å². The first-order valence-corrected chi connectivity index (χ1v) is 10.1. The molecule has 0 aliphatic heterocycles. The van der Waals surface area contributed by atoms with Gasteiger partial charge in [-0.05, 0) is 30.4 Å². The van der Waals surface area contributed by atoms with Crippen molar-refractivity contribution < 1.29 is 9.59 Å². The number of carbonyl (C=O) groups is 2. The number of thioether (sulfide) groups is 1. The van der Waals surface area contributed by atoms with Crippen molar-refractivity contribution in [2.75, 3.05) is 12.8 Å². The summed E-state index contributed by atoms with van der Waals surface area (Å²) in [7, 11) is 3.72. The number of hydrogen-bond donors (Lipinski definition) is 1. The molecule has 27 heavy (non-hydrogen) atoms. The summed E-state index contributed by atoms with van der Waals surface area (Å²) < 4.78 is 1.82. The number of hydrogen-bond acceptors (Lipinski definition) is 5. The summed E-state index contributed by atoms with van der Waals surface area (Å²) in [4.78, 5) is 25.5. The molecule has 2 amide bonds. The van der Waals surface area contributed by atoms with Crippen molar-refractivity contribution >= 4 is 23.6 Å². The molecule has 2 N–H and O–H groups in total. The molecule has 0 saturated heterocycles. The Labute approximate surface area is 163 Å². The highest BCUT2D eigenvalue weighted by atomic mass is 32.2. The molecule has 7 nitrogen and oxygen atoms in total. The number of nitrogens with zero attached hydrogens (tertiary/aromatic N) is 4. The van der Waals surface area contributed by atoms with Gasteiger partial charge in [0.05, 0.1) is 11.8 Å². The standard InChI is InChI=1S/C19H25N5O2S/c1-23(15-9-5-7-13-6-3-4-8-14(13)15)18(26)12-27-19-22-21-17(24(19)2)11-10-16(20)25/h3-4,6,8,15H,5,7,9-12H2,1-2H3,(H2,20,25)/t15-/m0/s1. The molecule has 1 aromatic carbocycles. The van der Waals surface area contributed by atoms with Gasteiger partial charge >= 0.3 is 0 Å². The van der Waals surface area contributed by atoms with Gasteiger partial charge in [-0.2, -0.15) is 0 Å². The fourth-order valence-corrected chi connectivity index (χ4v) is 4.31. The Hall–Kier alpha value is -2.35. The second-order valence-corrected chi connectivity index (χ2v) is 7.77. The molecule has 3 rings (SSSR count). The van der Waals surface area contributed by atoms with Gasteiger partial charge in [0.2, 0.25) is 11.8 Å². The van der Waals surface area contributed by atoms with Crippen molar-refractivity contribution in [3.63, 3.8) is 0 Å². The Morgan fingerprint density at radius 2 is 2.11 bits per heavy atom. The lowest BCUT2D eigenvalue weighted by atomic mass is 9.87. The van der Waals surface area contributed by atoms with E-state index in [0.717, 1.165) is 19.3 Å². The average Bonchev–Trinajstić information content (AvgIpc) is 3.03. The molecular formula is C19H25N5O2S. The number of aromatic nitrogens is 3. The monoisotopic (exact) mass is 387 g/mol. The van der Waals surface area contributed by atoms with Gasteiger partial charge in [0.25, 0.3) is 0 Å². The van der Waals surface area contributed by atoms with Gasteiger partial charge in [-0.25, -0.2) is 0 Å². The van der Waals surface area contributed by atoms with E-state index in [4.69, 9.17) is 5.73 Å². The smallest absolute Gasteiger partial charge is 0.233 e. The molecule has 1 heterocycles. The van der Waals surface area contributed by atoms with E-state index in [-0.39, 0.29) is 24.3 Å². The van der Waals surface area contributed by atoms with Crippen LogP contribution in [0.1, 0.15) is 42.3 Å². The summed E-state index contributed by atoms with van der Waals surface area (Å²) >= 11 is 1.37. The molecule has 1 aliphatic rings. The van der Waals surface area contributed by atoms with Crippen LogP contribution in [0, 0.1) is 0 Å². The van der Waals surface area contributed by atoms with Crippen LogP contribution in [0.15, 0.2) is 29.4 Å². The molecule has 0 radical (unpaired) electrons. The maximum Gasteiger partial charge on any atom is 0.233 e. The number of primary amides is 1. The van der Waals surface area contributed by atoms with Gasteiger partial charge in [-0.15, -0.1) is 10.2 Å². The largest absolute Gasteiger partial charge is 0.370 e. The summed E-state index contributed by atoms with van der Waals surface area (Å²) in [5, 5.41) is 8.88. The number of nitrogens with two attached hydrogens (primary N) is 1. The minimum absolute atomic E-state index is 0.0726. The van der Waals surface area contributed by atoms with Crippen molar-refractivity contribution in [2.45, 2.75) is 43.3 Å². The van der Waals surface area contributed by atoms with Gasteiger partial charge in [0.15, 0.2) is 5.16 Å². The molecule has 1 atom stereocenters. The Bertz CT molecular complexity index is 835. The van der Waals surface area contributed by atoms with Gasteiger partial charge in [0.1, 0.15) is 5.82 Å². The van der Waals surface area contributed by atoms with Crippen LogP contribution < -0.4 is 5.73 Å². The zero-order valence-electron chi connectivity index (χ0n) is 15.7. The summed E-state index contributed by atoms with van der Waals surface area (Å²) in [5.74, 6) is 0.704. The van der Waals surface area contributed by atoms with Crippen LogP contribution in [0.2, 0.25) is 0 Å². The highest BCUT2D eigenvalue weighted by Crippen LogP contribution is 2.33. The first kappa shape index (κ1) is 19.4. The minimum atomic E-state index is -0.364. The SMILES string of the molecule is CN(C(=O)CSc1nnc(CCC(N)=O)n1C)[C@H]1CCCc2ccccc21. The normalized spacial score (nSPS) is 16.0. The summed E-state index contributed by atoms with van der Waals surface area (Å²) in [5.41, 5.74) is 7.78. The van der Waals surface area contributed by atoms with Crippen LogP contribution in [-0.4, -0.2) is 44.3 Å². The molecule has 0 unspecified atom stereocenters. The Morgan fingerprint density at radius 1 is 1.33 bits per heavy atom. The lowest BCUT2D eigenvalue weighted by molar-refractivity contribution is -0.129. The molecule has 0 bridgehead atoms. The third kappa shape index (κ3) is 4.50. The highest BCUT2D eigenvalue weighted by molar-refractivity contribution is 7.99. The quantitative estimate of drug-likeness (QED) is 0.732. The topological polar surface area (TPSA) is 94.1 Å². The van der Waals surface area contributed by atoms with Crippen molar-refractivity contribution in [3.05, 3.63) is 41.2 Å². The Balaban J connectivity index is 1.61. The van der Waals surface area contributed by atoms with Crippen molar-refractivity contribution in [2.24, 2.45) is 12.8 Å². The molecule has 144 valence electrons. The molecular weight excluding hydrogens is 362 g/mol. The maximum atomic E-state index is 12.7. The number of fused-ring (bicyclic) bond motifs is 1. The van der Waals surface area contributed by atoms with Gasteiger partial charge in [-0.1, -0.05) is 36.0 Å². The van der Waals surface area contributed by atoms with E-state index in [0.29, 0.717) is 23.2 Å². The summed E-state index contributed by atoms with van der Waals surface area (Å²) in [6.07, 6.45) is 3.85. The third-order valence-electron chi connectivity index (χ3n) is 5.04. The fourth-order valence-electron chi connectivity index (χ4n) is 3.46. The van der Waals surface area contributed by atoms with E-state index in [1.165, 1.54) is 22.9 Å². The van der Waals surface area contributed by atoms with Crippen LogP contribution >= 0.6 is 11.8 Å². The van der Waals surface area contributed by atoms with Crippen molar-refractivity contribution in [3.8, 4) is 0 Å². The molecule has 1 aromatic heterocycles. The minimum Gasteiger partial charge on any atom is -0.370 e. The fraction of sp³-hybridized carbons (Fsp3) is 0.474. The van der Waals surface area contributed by atoms with Crippen LogP contribution in [0.5, 0.6) is 0 Å². The molecule has 8 heteroatoms. The Kier molecular flexibility index (Phi) is 6.15. The number of rotatable bonds is 7. The predicted octanol–water partition coefficient (Wildman–Crippen LogP) is 1.86. The third-order valence-corrected chi connectivity index (χ3v) is 6.05. The first-order chi connectivity index (χ1) is 13.0. The number of carbonyl (C=O) groups excluding carboxylic acids is 2. The van der Waals surface area contributed by atoms with Crippen LogP contribution in [0.4, 0.5) is 0 Å². The molecule has 0 spiro atoms. The second-order valence-electron chi connectivity index (χ2n) is 6.82. The number of aryl methyl sites for hydroxylation is 2. The lowest BCUT2D eigenvalue weighted by Gasteiger charge is -2.33. The van der Waals surface area contributed by atoms with Crippen molar-refractivity contribution in [1.82, 2.24) is 19.7 Å². The van der Waals surface area contributed by atoms with Crippen LogP contribution in [0.3, 0.4) is 0 Å². The Morgan fingerprint density at radius 3 is 2.89 bits per heavy atom. The zero-order valence-corrected chi connectivity index (χ0v) is 16.5. The lowest BCUT2D eigenvalue weighted by Crippen LogP contribution is -2.34. The van der Waals surface area contributed by atoms with E-state index < -0.39 is 0 Å². The highest BCUT2D eigenvalue weighted by Gasteiger charge is 2.26. The predicted molar refractivity (Wildman–Crippen MR) is 104 cm³/mol. The van der Waals surface area contributed by atoms with E-state index >= 15 is 0 Å². The molecule has 1 aliphatic carbocycles. The number of amides is 2. The van der Waals surface area contributed by atoms with E-state index in [2.05, 4.69) is 28.4 Å². The van der Waals surface area contributed by atoms with Gasteiger partial charge in [-0.3, -0.25) is 9.59 Å². The second kappa shape index (κ2) is 8.56.